The van der Waals surface area contributed by atoms with Crippen LogP contribution in [-0.2, 0) is 4.74 Å². The first-order valence-corrected chi connectivity index (χ1v) is 8.98. The highest BCUT2D eigenvalue weighted by Crippen LogP contribution is 2.32. The van der Waals surface area contributed by atoms with E-state index < -0.39 is 0 Å². The van der Waals surface area contributed by atoms with Crippen LogP contribution in [0, 0.1) is 0 Å². The van der Waals surface area contributed by atoms with E-state index in [9.17, 15) is 0 Å². The van der Waals surface area contributed by atoms with Gasteiger partial charge < -0.3 is 19.8 Å². The lowest BCUT2D eigenvalue weighted by molar-refractivity contribution is -0.0156. The molecule has 1 saturated heterocycles. The summed E-state index contributed by atoms with van der Waals surface area (Å²) in [5.74, 6) is 1.24. The standard InChI is InChI=1S/C20H19N5O2/c21-19-16-7-8-25(20(16)24-12-23-19)18-6-5-14(27-18)11-26-15-9-13-3-1-2-4-17(13)22-10-15/h1-4,7-10,12,14,18H,5-6,11H2,(H2,21,23,24)/t14-,18+/m0/s1. The topological polar surface area (TPSA) is 88.1 Å². The van der Waals surface area contributed by atoms with E-state index in [2.05, 4.69) is 15.0 Å². The van der Waals surface area contributed by atoms with E-state index in [1.165, 1.54) is 6.33 Å². The van der Waals surface area contributed by atoms with Crippen molar-refractivity contribution in [1.29, 1.82) is 0 Å². The predicted molar refractivity (Wildman–Crippen MR) is 102 cm³/mol. The zero-order valence-electron chi connectivity index (χ0n) is 14.7. The lowest BCUT2D eigenvalue weighted by Gasteiger charge is -2.16. The summed E-state index contributed by atoms with van der Waals surface area (Å²) in [5.41, 5.74) is 7.68. The second kappa shape index (κ2) is 6.51. The van der Waals surface area contributed by atoms with Gasteiger partial charge in [0, 0.05) is 11.6 Å². The number of hydrogen-bond donors (Lipinski definition) is 1. The van der Waals surface area contributed by atoms with Crippen LogP contribution in [0.4, 0.5) is 5.82 Å². The maximum Gasteiger partial charge on any atom is 0.147 e. The molecule has 1 aliphatic rings. The van der Waals surface area contributed by atoms with Crippen LogP contribution in [0.1, 0.15) is 19.1 Å². The second-order valence-electron chi connectivity index (χ2n) is 6.68. The molecule has 7 nitrogen and oxygen atoms in total. The van der Waals surface area contributed by atoms with Gasteiger partial charge in [-0.25, -0.2) is 9.97 Å². The number of benzene rings is 1. The van der Waals surface area contributed by atoms with E-state index in [0.29, 0.717) is 12.4 Å². The predicted octanol–water partition coefficient (Wildman–Crippen LogP) is 3.32. The average molecular weight is 361 g/mol. The normalized spacial score (nSPS) is 19.7. The molecule has 1 aromatic carbocycles. The van der Waals surface area contributed by atoms with E-state index in [0.717, 1.165) is 40.5 Å². The number of fused-ring (bicyclic) bond motifs is 2. The number of hydrogen-bond acceptors (Lipinski definition) is 6. The van der Waals surface area contributed by atoms with Gasteiger partial charge in [0.05, 0.1) is 23.2 Å². The molecule has 0 bridgehead atoms. The average Bonchev–Trinajstić information content (AvgIpc) is 3.33. The van der Waals surface area contributed by atoms with Crippen molar-refractivity contribution in [2.24, 2.45) is 0 Å². The number of para-hydroxylation sites is 1. The minimum Gasteiger partial charge on any atom is -0.489 e. The van der Waals surface area contributed by atoms with Gasteiger partial charge in [-0.15, -0.1) is 0 Å². The SMILES string of the molecule is Nc1ncnc2c1ccn2[C@H]1CC[C@@H](COc2cnc3ccccc3c2)O1. The second-order valence-corrected chi connectivity index (χ2v) is 6.68. The molecular weight excluding hydrogens is 342 g/mol. The molecular formula is C20H19N5O2. The molecule has 7 heteroatoms. The van der Waals surface area contributed by atoms with E-state index in [-0.39, 0.29) is 12.3 Å². The van der Waals surface area contributed by atoms with Crippen LogP contribution in [0.2, 0.25) is 0 Å². The Morgan fingerprint density at radius 1 is 1.15 bits per heavy atom. The number of nitrogen functional groups attached to an aromatic ring is 1. The molecule has 5 rings (SSSR count). The lowest BCUT2D eigenvalue weighted by Crippen LogP contribution is -2.18. The third-order valence-corrected chi connectivity index (χ3v) is 4.94. The molecule has 4 heterocycles. The van der Waals surface area contributed by atoms with Gasteiger partial charge in [-0.2, -0.15) is 0 Å². The summed E-state index contributed by atoms with van der Waals surface area (Å²) in [7, 11) is 0. The van der Waals surface area contributed by atoms with Gasteiger partial charge in [-0.1, -0.05) is 18.2 Å². The van der Waals surface area contributed by atoms with Crippen molar-refractivity contribution in [3.05, 3.63) is 55.1 Å². The maximum atomic E-state index is 6.18. The van der Waals surface area contributed by atoms with Crippen LogP contribution in [0.25, 0.3) is 21.9 Å². The van der Waals surface area contributed by atoms with E-state index in [1.807, 2.05) is 47.2 Å². The van der Waals surface area contributed by atoms with Gasteiger partial charge in [0.15, 0.2) is 0 Å². The van der Waals surface area contributed by atoms with Crippen molar-refractivity contribution in [2.75, 3.05) is 12.3 Å². The first-order valence-electron chi connectivity index (χ1n) is 8.98. The zero-order chi connectivity index (χ0) is 18.2. The number of anilines is 1. The monoisotopic (exact) mass is 361 g/mol. The van der Waals surface area contributed by atoms with Gasteiger partial charge in [0.2, 0.25) is 0 Å². The van der Waals surface area contributed by atoms with Gasteiger partial charge in [-0.05, 0) is 31.0 Å². The zero-order valence-corrected chi connectivity index (χ0v) is 14.7. The highest BCUT2D eigenvalue weighted by molar-refractivity contribution is 5.86. The Balaban J connectivity index is 1.27. The highest BCUT2D eigenvalue weighted by Gasteiger charge is 2.28. The third-order valence-electron chi connectivity index (χ3n) is 4.94. The lowest BCUT2D eigenvalue weighted by atomic mass is 10.2. The Hall–Kier alpha value is -3.19. The summed E-state index contributed by atoms with van der Waals surface area (Å²) in [4.78, 5) is 12.8. The number of pyridine rings is 1. The molecule has 27 heavy (non-hydrogen) atoms. The fourth-order valence-corrected chi connectivity index (χ4v) is 3.56. The Labute approximate surface area is 155 Å². The molecule has 0 spiro atoms. The molecule has 2 atom stereocenters. The number of ether oxygens (including phenoxy) is 2. The highest BCUT2D eigenvalue weighted by atomic mass is 16.6. The molecule has 3 aromatic heterocycles. The fourth-order valence-electron chi connectivity index (χ4n) is 3.56. The van der Waals surface area contributed by atoms with Crippen molar-refractivity contribution < 1.29 is 9.47 Å². The van der Waals surface area contributed by atoms with E-state index >= 15 is 0 Å². The minimum absolute atomic E-state index is 0.0260. The van der Waals surface area contributed by atoms with Crippen LogP contribution in [-0.4, -0.2) is 32.2 Å². The van der Waals surface area contributed by atoms with Gasteiger partial charge >= 0.3 is 0 Å². The molecule has 0 amide bonds. The first kappa shape index (κ1) is 16.0. The summed E-state index contributed by atoms with van der Waals surface area (Å²) in [6.07, 6.45) is 6.98. The third kappa shape index (κ3) is 2.96. The number of nitrogens with zero attached hydrogens (tertiary/aromatic N) is 4. The number of rotatable bonds is 4. The number of nitrogens with two attached hydrogens (primary N) is 1. The molecule has 136 valence electrons. The first-order chi connectivity index (χ1) is 13.3. The van der Waals surface area contributed by atoms with Crippen molar-refractivity contribution in [3.63, 3.8) is 0 Å². The van der Waals surface area contributed by atoms with Crippen LogP contribution in [0.15, 0.2) is 55.1 Å². The van der Waals surface area contributed by atoms with E-state index in [4.69, 9.17) is 15.2 Å². The molecule has 1 fully saturated rings. The van der Waals surface area contributed by atoms with Gasteiger partial charge in [-0.3, -0.25) is 4.98 Å². The quantitative estimate of drug-likeness (QED) is 0.600. The summed E-state index contributed by atoms with van der Waals surface area (Å²) < 4.78 is 14.1. The van der Waals surface area contributed by atoms with Crippen LogP contribution < -0.4 is 10.5 Å². The molecule has 0 saturated carbocycles. The van der Waals surface area contributed by atoms with E-state index in [1.54, 1.807) is 6.20 Å². The van der Waals surface area contributed by atoms with Crippen LogP contribution >= 0.6 is 0 Å². The van der Waals surface area contributed by atoms with Crippen molar-refractivity contribution >= 4 is 27.8 Å². The Kier molecular flexibility index (Phi) is 3.86. The molecule has 2 N–H and O–H groups in total. The van der Waals surface area contributed by atoms with Gasteiger partial charge in [0.1, 0.15) is 36.4 Å². The van der Waals surface area contributed by atoms with Crippen molar-refractivity contribution in [2.45, 2.75) is 25.2 Å². The summed E-state index contributed by atoms with van der Waals surface area (Å²) in [6, 6.07) is 11.9. The van der Waals surface area contributed by atoms with Crippen LogP contribution in [0.3, 0.4) is 0 Å². The minimum atomic E-state index is -0.0693. The Bertz CT molecular complexity index is 1110. The summed E-state index contributed by atoms with van der Waals surface area (Å²) in [6.45, 7) is 0.493. The smallest absolute Gasteiger partial charge is 0.147 e. The number of aromatic nitrogens is 4. The molecule has 1 aliphatic heterocycles. The molecule has 0 unspecified atom stereocenters. The molecule has 0 aliphatic carbocycles. The van der Waals surface area contributed by atoms with Gasteiger partial charge in [0.25, 0.3) is 0 Å². The summed E-state index contributed by atoms with van der Waals surface area (Å²) in [5, 5.41) is 1.92. The van der Waals surface area contributed by atoms with Crippen molar-refractivity contribution in [1.82, 2.24) is 19.5 Å². The summed E-state index contributed by atoms with van der Waals surface area (Å²) >= 11 is 0. The van der Waals surface area contributed by atoms with Crippen LogP contribution in [0.5, 0.6) is 5.75 Å². The Morgan fingerprint density at radius 3 is 3.04 bits per heavy atom. The maximum absolute atomic E-state index is 6.18. The fraction of sp³-hybridized carbons (Fsp3) is 0.250. The molecule has 0 radical (unpaired) electrons. The van der Waals surface area contributed by atoms with Crippen molar-refractivity contribution in [3.8, 4) is 5.75 Å². The molecule has 4 aromatic rings. The Morgan fingerprint density at radius 2 is 2.07 bits per heavy atom. The largest absolute Gasteiger partial charge is 0.489 e.